The third kappa shape index (κ3) is 6.02. The maximum atomic E-state index is 5.54. The number of aromatic nitrogens is 4. The number of para-hydroxylation sites is 1. The quantitative estimate of drug-likeness (QED) is 0.162. The van der Waals surface area contributed by atoms with E-state index < -0.39 is 0 Å². The van der Waals surface area contributed by atoms with E-state index in [0.717, 1.165) is 55.0 Å². The van der Waals surface area contributed by atoms with Gasteiger partial charge in [0, 0.05) is 38.3 Å². The van der Waals surface area contributed by atoms with Crippen molar-refractivity contribution in [1.82, 2.24) is 19.5 Å². The van der Waals surface area contributed by atoms with Crippen molar-refractivity contribution in [1.29, 1.82) is 0 Å². The molecule has 4 heteroatoms. The fourth-order valence-electron chi connectivity index (χ4n) is 10.7. The van der Waals surface area contributed by atoms with Crippen LogP contribution in [-0.2, 0) is 5.41 Å². The van der Waals surface area contributed by atoms with Gasteiger partial charge in [-0.2, -0.15) is 9.97 Å². The molecule has 0 fully saturated rings. The van der Waals surface area contributed by atoms with E-state index in [2.05, 4.69) is 225 Å². The Morgan fingerprint density at radius 1 is 0.364 bits per heavy atom. The van der Waals surface area contributed by atoms with Crippen molar-refractivity contribution in [2.24, 2.45) is 0 Å². The normalized spacial score (nSPS) is 12.7. The zero-order chi connectivity index (χ0) is 44.5. The van der Waals surface area contributed by atoms with Gasteiger partial charge in [0.25, 0.3) is 0 Å². The molecule has 0 bridgehead atoms. The summed E-state index contributed by atoms with van der Waals surface area (Å²) in [7, 11) is 0. The first kappa shape index (κ1) is 39.4. The summed E-state index contributed by atoms with van der Waals surface area (Å²) < 4.78 is 2.36. The van der Waals surface area contributed by atoms with E-state index in [-0.39, 0.29) is 5.41 Å². The summed E-state index contributed by atoms with van der Waals surface area (Å²) >= 11 is 0. The first-order valence-electron chi connectivity index (χ1n) is 23.0. The van der Waals surface area contributed by atoms with Crippen molar-refractivity contribution < 1.29 is 0 Å². The second kappa shape index (κ2) is 15.5. The smallest absolute Gasteiger partial charge is 0.238 e. The second-order valence-electron chi connectivity index (χ2n) is 17.5. The number of benzene rings is 10. The van der Waals surface area contributed by atoms with Crippen molar-refractivity contribution in [2.75, 3.05) is 0 Å². The molecular formula is C62H46N4. The van der Waals surface area contributed by atoms with Crippen LogP contribution in [0.4, 0.5) is 0 Å². The molecule has 0 N–H and O–H groups in total. The molecule has 0 aliphatic heterocycles. The molecule has 1 aliphatic rings. The summed E-state index contributed by atoms with van der Waals surface area (Å²) in [4.78, 5) is 16.4. The van der Waals surface area contributed by atoms with Gasteiger partial charge in [-0.05, 0) is 71.9 Å². The molecule has 0 amide bonds. The van der Waals surface area contributed by atoms with E-state index in [9.17, 15) is 0 Å². The molecule has 0 unspecified atom stereocenters. The molecule has 66 heavy (non-hydrogen) atoms. The van der Waals surface area contributed by atoms with Crippen molar-refractivity contribution in [3.8, 4) is 62.1 Å². The molecule has 0 radical (unpaired) electrons. The summed E-state index contributed by atoms with van der Waals surface area (Å²) in [5.41, 5.74) is 13.7. The van der Waals surface area contributed by atoms with Crippen molar-refractivity contribution in [2.45, 2.75) is 33.1 Å². The molecule has 12 aromatic rings. The van der Waals surface area contributed by atoms with E-state index in [1.54, 1.807) is 0 Å². The predicted molar refractivity (Wildman–Crippen MR) is 277 cm³/mol. The van der Waals surface area contributed by atoms with Crippen LogP contribution in [0.5, 0.6) is 0 Å². The lowest BCUT2D eigenvalue weighted by molar-refractivity contribution is 0.662. The molecule has 0 saturated heterocycles. The first-order valence-corrected chi connectivity index (χ1v) is 23.0. The minimum absolute atomic E-state index is 0.226. The van der Waals surface area contributed by atoms with Gasteiger partial charge in [0.1, 0.15) is 0 Å². The Bertz CT molecular complexity index is 3860. The highest BCUT2D eigenvalue weighted by Crippen LogP contribution is 2.54. The number of rotatable bonds is 5. The largest absolute Gasteiger partial charge is 0.277 e. The fraction of sp³-hybridized carbons (Fsp3) is 0.0806. The van der Waals surface area contributed by atoms with Crippen molar-refractivity contribution in [3.63, 3.8) is 0 Å². The van der Waals surface area contributed by atoms with Crippen LogP contribution in [0.3, 0.4) is 0 Å². The van der Waals surface area contributed by atoms with Crippen LogP contribution >= 0.6 is 0 Å². The Kier molecular flexibility index (Phi) is 9.25. The molecule has 1 aliphatic carbocycles. The van der Waals surface area contributed by atoms with Gasteiger partial charge in [0.2, 0.25) is 5.95 Å². The number of hydrogen-bond donors (Lipinski definition) is 0. The van der Waals surface area contributed by atoms with Gasteiger partial charge in [0.15, 0.2) is 11.6 Å². The summed E-state index contributed by atoms with van der Waals surface area (Å²) in [6, 6.07) is 74.2. The SMILES string of the molecule is CC.CC1(C)c2ccccc2-c2cccc(-c3cccc4c5c6ccccc6c6ccccc6c5n(-c5nc(-c6ccc(-c7ccccc7)cc6)nc(-c6ccc7ccccc7c6)n5)c34)c21. The lowest BCUT2D eigenvalue weighted by atomic mass is 9.78. The maximum absolute atomic E-state index is 5.54. The number of fused-ring (bicyclic) bond motifs is 12. The van der Waals surface area contributed by atoms with E-state index in [1.807, 2.05) is 13.8 Å². The average molecular weight is 847 g/mol. The maximum Gasteiger partial charge on any atom is 0.238 e. The molecule has 0 spiro atoms. The first-order chi connectivity index (χ1) is 32.5. The molecule has 2 heterocycles. The molecule has 4 nitrogen and oxygen atoms in total. The van der Waals surface area contributed by atoms with Crippen LogP contribution in [0, 0.1) is 0 Å². The lowest BCUT2D eigenvalue weighted by Gasteiger charge is -2.25. The van der Waals surface area contributed by atoms with Gasteiger partial charge in [0.05, 0.1) is 11.0 Å². The Morgan fingerprint density at radius 3 is 1.65 bits per heavy atom. The zero-order valence-corrected chi connectivity index (χ0v) is 37.4. The summed E-state index contributed by atoms with van der Waals surface area (Å²) in [5.74, 6) is 1.80. The fourth-order valence-corrected chi connectivity index (χ4v) is 10.7. The van der Waals surface area contributed by atoms with Crippen LogP contribution in [-0.4, -0.2) is 19.5 Å². The van der Waals surface area contributed by atoms with E-state index in [4.69, 9.17) is 15.0 Å². The highest BCUT2D eigenvalue weighted by molar-refractivity contribution is 6.33. The van der Waals surface area contributed by atoms with E-state index >= 15 is 0 Å². The number of nitrogens with zero attached hydrogens (tertiary/aromatic N) is 4. The van der Waals surface area contributed by atoms with Crippen molar-refractivity contribution in [3.05, 3.63) is 217 Å². The third-order valence-electron chi connectivity index (χ3n) is 13.6. The van der Waals surface area contributed by atoms with Crippen LogP contribution in [0.25, 0.3) is 116 Å². The van der Waals surface area contributed by atoms with Gasteiger partial charge < -0.3 is 0 Å². The molecule has 2 aromatic heterocycles. The zero-order valence-electron chi connectivity index (χ0n) is 37.4. The molecule has 0 saturated carbocycles. The summed E-state index contributed by atoms with van der Waals surface area (Å²) in [5, 5.41) is 9.39. The van der Waals surface area contributed by atoms with Gasteiger partial charge >= 0.3 is 0 Å². The van der Waals surface area contributed by atoms with Crippen molar-refractivity contribution >= 4 is 54.1 Å². The Balaban J connectivity index is 0.00000225. The topological polar surface area (TPSA) is 43.6 Å². The van der Waals surface area contributed by atoms with Gasteiger partial charge in [-0.15, -0.1) is 0 Å². The lowest BCUT2D eigenvalue weighted by Crippen LogP contribution is -2.16. The van der Waals surface area contributed by atoms with E-state index in [1.165, 1.54) is 54.7 Å². The monoisotopic (exact) mass is 846 g/mol. The second-order valence-corrected chi connectivity index (χ2v) is 17.5. The van der Waals surface area contributed by atoms with Gasteiger partial charge in [-0.1, -0.05) is 228 Å². The Labute approximate surface area is 384 Å². The molecule has 13 rings (SSSR count). The van der Waals surface area contributed by atoms with Gasteiger partial charge in [-0.3, -0.25) is 4.57 Å². The summed E-state index contributed by atoms with van der Waals surface area (Å²) in [6.45, 7) is 8.74. The van der Waals surface area contributed by atoms with Crippen LogP contribution in [0.15, 0.2) is 206 Å². The standard InChI is InChI=1S/C60H40N4.C2H6/c1-60(2)52-29-13-12-22-45(52)47-25-14-26-48(54(47)60)50-27-15-28-51-53-46-23-10-8-20-43(46)44-21-9-11-24-49(44)56(53)64(55(50)51)59-62-57(40-33-30-39(31-34-40)37-16-4-3-5-17-37)61-58(63-59)42-35-32-38-18-6-7-19-41(38)36-42;1-2/h3-36H,1-2H3;1-2H3. The van der Waals surface area contributed by atoms with E-state index in [0.29, 0.717) is 17.6 Å². The molecule has 0 atom stereocenters. The van der Waals surface area contributed by atoms with Crippen LogP contribution in [0.2, 0.25) is 0 Å². The average Bonchev–Trinajstić information content (AvgIpc) is 3.87. The highest BCUT2D eigenvalue weighted by Gasteiger charge is 2.38. The molecule has 10 aromatic carbocycles. The Hall–Kier alpha value is -8.21. The highest BCUT2D eigenvalue weighted by atomic mass is 15.2. The Morgan fingerprint density at radius 2 is 0.879 bits per heavy atom. The molecular weight excluding hydrogens is 801 g/mol. The number of hydrogen-bond acceptors (Lipinski definition) is 3. The summed E-state index contributed by atoms with van der Waals surface area (Å²) in [6.07, 6.45) is 0. The minimum Gasteiger partial charge on any atom is -0.277 e. The van der Waals surface area contributed by atoms with Crippen LogP contribution in [0.1, 0.15) is 38.8 Å². The van der Waals surface area contributed by atoms with Gasteiger partial charge in [-0.25, -0.2) is 4.98 Å². The van der Waals surface area contributed by atoms with Crippen LogP contribution < -0.4 is 0 Å². The third-order valence-corrected chi connectivity index (χ3v) is 13.6. The predicted octanol–water partition coefficient (Wildman–Crippen LogP) is 16.4. The minimum atomic E-state index is -0.226. The molecule has 314 valence electrons.